The van der Waals surface area contributed by atoms with Gasteiger partial charge in [0.2, 0.25) is 5.91 Å². The number of hydrogen-bond donors (Lipinski definition) is 3. The maximum absolute atomic E-state index is 12.9. The van der Waals surface area contributed by atoms with E-state index in [0.29, 0.717) is 17.0 Å². The highest BCUT2D eigenvalue weighted by molar-refractivity contribution is 7.92. The van der Waals surface area contributed by atoms with E-state index in [1.54, 1.807) is 19.1 Å². The molecule has 4 N–H and O–H groups in total. The second kappa shape index (κ2) is 9.78. The molecule has 174 valence electrons. The third-order valence-corrected chi connectivity index (χ3v) is 6.52. The molecule has 3 rings (SSSR count). The molecule has 0 fully saturated rings. The maximum Gasteiger partial charge on any atom is 0.275 e. The number of nitrogens with zero attached hydrogens (tertiary/aromatic N) is 1. The normalized spacial score (nSPS) is 11.1. The summed E-state index contributed by atoms with van der Waals surface area (Å²) in [6.45, 7) is 3.84. The minimum Gasteiger partial charge on any atom is -0.497 e. The van der Waals surface area contributed by atoms with Crippen LogP contribution in [0.2, 0.25) is 0 Å². The maximum atomic E-state index is 12.9. The largest absolute Gasteiger partial charge is 0.497 e. The first kappa shape index (κ1) is 23.9. The van der Waals surface area contributed by atoms with E-state index in [-0.39, 0.29) is 29.3 Å². The molecule has 3 aromatic rings. The first-order valence-corrected chi connectivity index (χ1v) is 11.6. The number of carbonyl (C=O) groups is 1. The third kappa shape index (κ3) is 5.72. The van der Waals surface area contributed by atoms with Crippen LogP contribution in [0.5, 0.6) is 5.75 Å². The monoisotopic (exact) mass is 470 g/mol. The van der Waals surface area contributed by atoms with Crippen LogP contribution in [0.25, 0.3) is 0 Å². The summed E-state index contributed by atoms with van der Waals surface area (Å²) in [7, 11) is -2.55. The molecule has 0 saturated carbocycles. The van der Waals surface area contributed by atoms with Gasteiger partial charge in [-0.15, -0.1) is 0 Å². The Balaban J connectivity index is 1.75. The number of ether oxygens (including phenoxy) is 1. The number of sulfonamides is 1. The number of benzene rings is 2. The lowest BCUT2D eigenvalue weighted by Gasteiger charge is -2.14. The number of aryl methyl sites for hydroxylation is 2. The molecule has 0 radical (unpaired) electrons. The molecule has 0 aliphatic carbocycles. The standard InChI is InChI=1S/C23H26N4O5S/c1-15-10-11-27(26-33(30,31)19-8-6-18(32-3)7-9-19)23(29)20(15)13-22(28)25-14-17-5-4-16(2)21(24)12-17/h4-12,26H,13-14,24H2,1-3H3,(H,25,28). The van der Waals surface area contributed by atoms with Crippen LogP contribution in [-0.4, -0.2) is 26.1 Å². The summed E-state index contributed by atoms with van der Waals surface area (Å²) in [6.07, 6.45) is 1.12. The first-order chi connectivity index (χ1) is 15.6. The fourth-order valence-corrected chi connectivity index (χ4v) is 4.12. The van der Waals surface area contributed by atoms with Gasteiger partial charge in [-0.1, -0.05) is 12.1 Å². The van der Waals surface area contributed by atoms with Crippen molar-refractivity contribution < 1.29 is 17.9 Å². The molecule has 0 saturated heterocycles. The van der Waals surface area contributed by atoms with Gasteiger partial charge in [0.1, 0.15) is 5.75 Å². The van der Waals surface area contributed by atoms with Crippen molar-refractivity contribution >= 4 is 21.6 Å². The summed E-state index contributed by atoms with van der Waals surface area (Å²) in [5.74, 6) is 0.133. The summed E-state index contributed by atoms with van der Waals surface area (Å²) in [5.41, 5.74) is 8.45. The molecule has 0 bridgehead atoms. The van der Waals surface area contributed by atoms with Crippen molar-refractivity contribution in [3.8, 4) is 5.75 Å². The summed E-state index contributed by atoms with van der Waals surface area (Å²) in [4.78, 5) is 27.6. The van der Waals surface area contributed by atoms with Crippen molar-refractivity contribution in [1.82, 2.24) is 9.99 Å². The summed E-state index contributed by atoms with van der Waals surface area (Å²) < 4.78 is 31.2. The van der Waals surface area contributed by atoms with E-state index >= 15 is 0 Å². The molecule has 2 aromatic carbocycles. The van der Waals surface area contributed by atoms with Gasteiger partial charge in [-0.3, -0.25) is 9.59 Å². The number of aromatic nitrogens is 1. The van der Waals surface area contributed by atoms with Crippen molar-refractivity contribution in [2.45, 2.75) is 31.7 Å². The summed E-state index contributed by atoms with van der Waals surface area (Å²) >= 11 is 0. The van der Waals surface area contributed by atoms with E-state index in [1.165, 1.54) is 37.6 Å². The second-order valence-corrected chi connectivity index (χ2v) is 9.23. The average Bonchev–Trinajstić information content (AvgIpc) is 2.79. The van der Waals surface area contributed by atoms with E-state index in [2.05, 4.69) is 10.1 Å². The number of carbonyl (C=O) groups excluding carboxylic acids is 1. The number of nitrogens with one attached hydrogen (secondary N) is 2. The van der Waals surface area contributed by atoms with Gasteiger partial charge < -0.3 is 15.8 Å². The number of nitrogen functional groups attached to an aromatic ring is 1. The number of hydrogen-bond acceptors (Lipinski definition) is 6. The molecule has 9 nitrogen and oxygen atoms in total. The van der Waals surface area contributed by atoms with Crippen LogP contribution >= 0.6 is 0 Å². The van der Waals surface area contributed by atoms with Crippen LogP contribution in [0.1, 0.15) is 22.3 Å². The van der Waals surface area contributed by atoms with Gasteiger partial charge in [0.25, 0.3) is 15.6 Å². The minimum atomic E-state index is -4.03. The molecule has 0 aliphatic rings. The van der Waals surface area contributed by atoms with E-state index in [9.17, 15) is 18.0 Å². The first-order valence-electron chi connectivity index (χ1n) is 10.1. The van der Waals surface area contributed by atoms with Crippen molar-refractivity contribution in [1.29, 1.82) is 0 Å². The van der Waals surface area contributed by atoms with Gasteiger partial charge in [0.05, 0.1) is 18.4 Å². The highest BCUT2D eigenvalue weighted by Crippen LogP contribution is 2.16. The highest BCUT2D eigenvalue weighted by Gasteiger charge is 2.18. The summed E-state index contributed by atoms with van der Waals surface area (Å²) in [6, 6.07) is 12.8. The van der Waals surface area contributed by atoms with Crippen LogP contribution in [0, 0.1) is 13.8 Å². The predicted octanol–water partition coefficient (Wildman–Crippen LogP) is 1.85. The van der Waals surface area contributed by atoms with Gasteiger partial charge >= 0.3 is 0 Å². The fraction of sp³-hybridized carbons (Fsp3) is 0.217. The molecular formula is C23H26N4O5S. The molecule has 1 aromatic heterocycles. The smallest absolute Gasteiger partial charge is 0.275 e. The predicted molar refractivity (Wildman–Crippen MR) is 126 cm³/mol. The zero-order valence-corrected chi connectivity index (χ0v) is 19.4. The topological polar surface area (TPSA) is 133 Å². The highest BCUT2D eigenvalue weighted by atomic mass is 32.2. The van der Waals surface area contributed by atoms with Crippen LogP contribution in [0.3, 0.4) is 0 Å². The lowest BCUT2D eigenvalue weighted by molar-refractivity contribution is -0.120. The quantitative estimate of drug-likeness (QED) is 0.431. The molecule has 1 amide bonds. The number of anilines is 1. The van der Waals surface area contributed by atoms with Gasteiger partial charge in [-0.2, -0.15) is 8.42 Å². The lowest BCUT2D eigenvalue weighted by Crippen LogP contribution is -2.36. The Kier molecular flexibility index (Phi) is 7.07. The summed E-state index contributed by atoms with van der Waals surface area (Å²) in [5, 5.41) is 2.76. The number of rotatable bonds is 8. The molecule has 1 heterocycles. The minimum absolute atomic E-state index is 0.0348. The second-order valence-electron chi connectivity index (χ2n) is 7.57. The number of nitrogens with two attached hydrogens (primary N) is 1. The molecule has 10 heteroatoms. The van der Waals surface area contributed by atoms with Gasteiger partial charge in [-0.25, -0.2) is 9.51 Å². The molecule has 0 atom stereocenters. The Labute approximate surface area is 192 Å². The van der Waals surface area contributed by atoms with Gasteiger partial charge in [0, 0.05) is 24.0 Å². The van der Waals surface area contributed by atoms with Crippen LogP contribution < -0.4 is 26.2 Å². The Morgan fingerprint density at radius 1 is 1.06 bits per heavy atom. The van der Waals surface area contributed by atoms with E-state index in [4.69, 9.17) is 10.5 Å². The van der Waals surface area contributed by atoms with Crippen molar-refractivity contribution in [3.63, 3.8) is 0 Å². The Morgan fingerprint density at radius 3 is 2.39 bits per heavy atom. The molecular weight excluding hydrogens is 444 g/mol. The zero-order chi connectivity index (χ0) is 24.2. The number of methoxy groups -OCH3 is 1. The van der Waals surface area contributed by atoms with Crippen molar-refractivity contribution in [2.75, 3.05) is 17.7 Å². The van der Waals surface area contributed by atoms with E-state index in [0.717, 1.165) is 15.8 Å². The van der Waals surface area contributed by atoms with E-state index < -0.39 is 15.6 Å². The van der Waals surface area contributed by atoms with Crippen molar-refractivity contribution in [3.05, 3.63) is 87.3 Å². The fourth-order valence-electron chi connectivity index (χ4n) is 3.12. The van der Waals surface area contributed by atoms with Crippen LogP contribution in [-0.2, 0) is 27.8 Å². The average molecular weight is 471 g/mol. The Morgan fingerprint density at radius 2 is 1.76 bits per heavy atom. The molecule has 0 aliphatic heterocycles. The molecule has 0 spiro atoms. The third-order valence-electron chi connectivity index (χ3n) is 5.19. The molecule has 33 heavy (non-hydrogen) atoms. The lowest BCUT2D eigenvalue weighted by atomic mass is 10.1. The van der Waals surface area contributed by atoms with Crippen LogP contribution in [0.15, 0.2) is 64.4 Å². The zero-order valence-electron chi connectivity index (χ0n) is 18.6. The Bertz CT molecular complexity index is 1330. The molecule has 0 unspecified atom stereocenters. The van der Waals surface area contributed by atoms with Crippen molar-refractivity contribution in [2.24, 2.45) is 0 Å². The Hall–Kier alpha value is -3.79. The van der Waals surface area contributed by atoms with Gasteiger partial charge in [0.15, 0.2) is 0 Å². The number of pyridine rings is 1. The number of amides is 1. The van der Waals surface area contributed by atoms with Crippen LogP contribution in [0.4, 0.5) is 5.69 Å². The van der Waals surface area contributed by atoms with E-state index in [1.807, 2.05) is 19.1 Å². The SMILES string of the molecule is COc1ccc(S(=O)(=O)Nn2ccc(C)c(CC(=O)NCc3ccc(C)c(N)c3)c2=O)cc1. The van der Waals surface area contributed by atoms with Gasteiger partial charge in [-0.05, 0) is 66.9 Å².